The van der Waals surface area contributed by atoms with Gasteiger partial charge >= 0.3 is 0 Å². The summed E-state index contributed by atoms with van der Waals surface area (Å²) >= 11 is -0.00407. The van der Waals surface area contributed by atoms with Gasteiger partial charge in [-0.1, -0.05) is 24.3 Å². The molecule has 1 aliphatic carbocycles. The fourth-order valence-corrected chi connectivity index (χ4v) is 7.23. The van der Waals surface area contributed by atoms with Gasteiger partial charge < -0.3 is 4.55 Å². The Morgan fingerprint density at radius 3 is 2.64 bits per heavy atom. The molecule has 0 saturated carbocycles. The summed E-state index contributed by atoms with van der Waals surface area (Å²) in [5, 5.41) is 2.70. The molecule has 2 atom stereocenters. The predicted molar refractivity (Wildman–Crippen MR) is 116 cm³/mol. The minimum atomic E-state index is -3.67. The molecule has 0 saturated heterocycles. The normalized spacial score (nSPS) is 18.9. The average Bonchev–Trinajstić information content (AvgIpc) is 3.28. The maximum Gasteiger partial charge on any atom is 0.277 e. The molecule has 3 aromatic rings. The summed E-state index contributed by atoms with van der Waals surface area (Å²) in [4.78, 5) is 0. The van der Waals surface area contributed by atoms with E-state index in [2.05, 4.69) is 4.72 Å². The molecule has 0 aliphatic heterocycles. The van der Waals surface area contributed by atoms with Gasteiger partial charge in [-0.05, 0) is 57.5 Å². The van der Waals surface area contributed by atoms with Crippen LogP contribution in [0.3, 0.4) is 0 Å². The first-order valence-electron chi connectivity index (χ1n) is 9.30. The zero-order valence-electron chi connectivity index (χ0n) is 16.1. The highest BCUT2D eigenvalue weighted by Crippen LogP contribution is 2.41. The van der Waals surface area contributed by atoms with Crippen LogP contribution in [-0.4, -0.2) is 21.7 Å². The first-order chi connectivity index (χ1) is 13.2. The lowest BCUT2D eigenvalue weighted by Crippen LogP contribution is -2.42. The minimum Gasteiger partial charge on any atom is -0.598 e. The number of nitrogens with zero attached hydrogens (tertiary/aromatic N) is 1. The van der Waals surface area contributed by atoms with Crippen LogP contribution in [0.5, 0.6) is 0 Å². The second-order valence-electron chi connectivity index (χ2n) is 8.02. The van der Waals surface area contributed by atoms with E-state index in [-0.39, 0.29) is 10.8 Å². The SMILES string of the molecule is CC(C)(C)[S@@+]([O-])N[C@@H]1CCCc2c1c1ccccc1n2S(=O)(=O)c1cccs1. The molecule has 2 heterocycles. The van der Waals surface area contributed by atoms with E-state index >= 15 is 0 Å². The molecule has 4 rings (SSSR count). The van der Waals surface area contributed by atoms with Crippen LogP contribution in [-0.2, 0) is 27.8 Å². The summed E-state index contributed by atoms with van der Waals surface area (Å²) < 4.78 is 44.3. The van der Waals surface area contributed by atoms with E-state index in [0.717, 1.165) is 29.5 Å². The highest BCUT2D eigenvalue weighted by molar-refractivity contribution is 7.92. The third-order valence-corrected chi connectivity index (χ3v) is 9.75. The van der Waals surface area contributed by atoms with E-state index in [4.69, 9.17) is 0 Å². The van der Waals surface area contributed by atoms with Crippen LogP contribution < -0.4 is 4.72 Å². The zero-order chi connectivity index (χ0) is 20.1. The lowest BCUT2D eigenvalue weighted by molar-refractivity contribution is 0.488. The van der Waals surface area contributed by atoms with Crippen LogP contribution >= 0.6 is 11.3 Å². The molecule has 0 amide bonds. The molecule has 0 radical (unpaired) electrons. The maximum absolute atomic E-state index is 13.4. The Morgan fingerprint density at radius 2 is 1.96 bits per heavy atom. The molecule has 1 aliphatic rings. The second kappa shape index (κ2) is 7.18. The van der Waals surface area contributed by atoms with Crippen molar-refractivity contribution in [1.82, 2.24) is 8.69 Å². The average molecular weight is 437 g/mol. The topological polar surface area (TPSA) is 74.2 Å². The molecule has 0 bridgehead atoms. The van der Waals surface area contributed by atoms with E-state index < -0.39 is 21.4 Å². The molecular weight excluding hydrogens is 412 g/mol. The van der Waals surface area contributed by atoms with Crippen molar-refractivity contribution in [3.63, 3.8) is 0 Å². The van der Waals surface area contributed by atoms with Crippen LogP contribution in [0.4, 0.5) is 0 Å². The summed E-state index contributed by atoms with van der Waals surface area (Å²) in [7, 11) is -3.67. The Balaban J connectivity index is 1.91. The molecule has 1 N–H and O–H groups in total. The molecule has 0 fully saturated rings. The standard InChI is InChI=1S/C20H24N2O3S3/c1-20(2,3)27(23)21-15-9-6-11-17-19(15)14-8-4-5-10-16(14)22(17)28(24,25)18-12-7-13-26-18/h4-5,7-8,10,12-13,15,21H,6,9,11H2,1-3H3/t15-,27-/m1/s1. The number of hydrogen-bond donors (Lipinski definition) is 1. The number of para-hydroxylation sites is 1. The van der Waals surface area contributed by atoms with Gasteiger partial charge in [0, 0.05) is 28.0 Å². The molecule has 1 aromatic carbocycles. The van der Waals surface area contributed by atoms with E-state index in [1.54, 1.807) is 17.5 Å². The van der Waals surface area contributed by atoms with Gasteiger partial charge in [-0.15, -0.1) is 16.1 Å². The van der Waals surface area contributed by atoms with Crippen molar-refractivity contribution < 1.29 is 13.0 Å². The van der Waals surface area contributed by atoms with Gasteiger partial charge in [0.1, 0.15) is 8.96 Å². The largest absolute Gasteiger partial charge is 0.598 e. The molecule has 5 nitrogen and oxygen atoms in total. The Labute approximate surface area is 173 Å². The maximum atomic E-state index is 13.4. The third-order valence-electron chi connectivity index (χ3n) is 5.02. The van der Waals surface area contributed by atoms with Crippen molar-refractivity contribution >= 4 is 43.6 Å². The smallest absolute Gasteiger partial charge is 0.277 e. The van der Waals surface area contributed by atoms with Crippen LogP contribution in [0.2, 0.25) is 0 Å². The van der Waals surface area contributed by atoms with Crippen molar-refractivity contribution in [2.24, 2.45) is 0 Å². The van der Waals surface area contributed by atoms with Crippen LogP contribution in [0.15, 0.2) is 46.0 Å². The highest BCUT2D eigenvalue weighted by Gasteiger charge is 2.36. The van der Waals surface area contributed by atoms with Crippen molar-refractivity contribution in [2.45, 2.75) is 55.0 Å². The van der Waals surface area contributed by atoms with E-state index in [1.807, 2.05) is 45.0 Å². The van der Waals surface area contributed by atoms with Gasteiger partial charge in [0.2, 0.25) is 0 Å². The first-order valence-corrected chi connectivity index (χ1v) is 12.8. The molecule has 0 spiro atoms. The van der Waals surface area contributed by atoms with Crippen molar-refractivity contribution in [2.75, 3.05) is 0 Å². The zero-order valence-corrected chi connectivity index (χ0v) is 18.6. The van der Waals surface area contributed by atoms with Crippen LogP contribution in [0, 0.1) is 0 Å². The number of hydrogen-bond acceptors (Lipinski definition) is 5. The molecule has 8 heteroatoms. The minimum absolute atomic E-state index is 0.131. The number of thiophene rings is 1. The van der Waals surface area contributed by atoms with E-state index in [0.29, 0.717) is 16.1 Å². The quantitative estimate of drug-likeness (QED) is 0.616. The first kappa shape index (κ1) is 20.0. The van der Waals surface area contributed by atoms with Crippen molar-refractivity contribution in [3.05, 3.63) is 53.0 Å². The fourth-order valence-electron chi connectivity index (χ4n) is 3.73. The Hall–Kier alpha value is -1.32. The van der Waals surface area contributed by atoms with Crippen molar-refractivity contribution in [1.29, 1.82) is 0 Å². The van der Waals surface area contributed by atoms with Gasteiger partial charge in [0.05, 0.1) is 11.6 Å². The van der Waals surface area contributed by atoms with Gasteiger partial charge in [0.15, 0.2) is 0 Å². The van der Waals surface area contributed by atoms with E-state index in [1.165, 1.54) is 15.3 Å². The fraction of sp³-hybridized carbons (Fsp3) is 0.400. The summed E-state index contributed by atoms with van der Waals surface area (Å²) in [6.07, 6.45) is 2.37. The summed E-state index contributed by atoms with van der Waals surface area (Å²) in [5.74, 6) is 0. The third kappa shape index (κ3) is 3.31. The van der Waals surface area contributed by atoms with Crippen LogP contribution in [0.1, 0.15) is 50.9 Å². The molecular formula is C20H24N2O3S3. The lowest BCUT2D eigenvalue weighted by Gasteiger charge is -2.30. The Morgan fingerprint density at radius 1 is 1.21 bits per heavy atom. The summed E-state index contributed by atoms with van der Waals surface area (Å²) in [6.45, 7) is 5.80. The molecule has 150 valence electrons. The second-order valence-corrected chi connectivity index (χ2v) is 13.0. The Bertz CT molecular complexity index is 1100. The monoisotopic (exact) mass is 436 g/mol. The van der Waals surface area contributed by atoms with E-state index in [9.17, 15) is 13.0 Å². The molecule has 2 aromatic heterocycles. The predicted octanol–water partition coefficient (Wildman–Crippen LogP) is 4.37. The number of nitrogens with one attached hydrogen (secondary N) is 1. The lowest BCUT2D eigenvalue weighted by atomic mass is 9.91. The van der Waals surface area contributed by atoms with Gasteiger partial charge in [-0.3, -0.25) is 0 Å². The van der Waals surface area contributed by atoms with Crippen LogP contribution in [0.25, 0.3) is 10.9 Å². The van der Waals surface area contributed by atoms with Gasteiger partial charge in [-0.25, -0.2) is 3.97 Å². The molecule has 28 heavy (non-hydrogen) atoms. The number of aromatic nitrogens is 1. The van der Waals surface area contributed by atoms with Gasteiger partial charge in [0.25, 0.3) is 10.0 Å². The highest BCUT2D eigenvalue weighted by atomic mass is 32.2. The Kier molecular flexibility index (Phi) is 5.12. The molecule has 0 unspecified atom stereocenters. The number of rotatable bonds is 4. The van der Waals surface area contributed by atoms with Gasteiger partial charge in [-0.2, -0.15) is 8.42 Å². The number of fused-ring (bicyclic) bond motifs is 3. The summed E-state index contributed by atoms with van der Waals surface area (Å²) in [6, 6.07) is 10.9. The summed E-state index contributed by atoms with van der Waals surface area (Å²) in [5.41, 5.74) is 2.47. The van der Waals surface area contributed by atoms with Crippen molar-refractivity contribution in [3.8, 4) is 0 Å². The number of benzene rings is 1.